The molecule has 0 saturated carbocycles. The first-order valence-electron chi connectivity index (χ1n) is 11.8. The molecule has 1 atom stereocenters. The lowest BCUT2D eigenvalue weighted by molar-refractivity contribution is -0.137. The van der Waals surface area contributed by atoms with Crippen molar-refractivity contribution in [3.8, 4) is 5.75 Å². The van der Waals surface area contributed by atoms with Crippen LogP contribution in [0.1, 0.15) is 41.7 Å². The van der Waals surface area contributed by atoms with Crippen LogP contribution in [-0.2, 0) is 15.0 Å². The molecule has 1 aromatic carbocycles. The Bertz CT molecular complexity index is 1040. The summed E-state index contributed by atoms with van der Waals surface area (Å²) in [6.45, 7) is 2.56. The number of amides is 3. The quantitative estimate of drug-likeness (QED) is 0.628. The van der Waals surface area contributed by atoms with Crippen LogP contribution in [0.5, 0.6) is 5.75 Å². The molecule has 180 valence electrons. The van der Waals surface area contributed by atoms with E-state index in [1.807, 2.05) is 29.2 Å². The Labute approximate surface area is 200 Å². The molecule has 4 rings (SSSR count). The van der Waals surface area contributed by atoms with E-state index >= 15 is 0 Å². The van der Waals surface area contributed by atoms with Crippen molar-refractivity contribution >= 4 is 17.7 Å². The highest BCUT2D eigenvalue weighted by Gasteiger charge is 2.46. The molecule has 8 heteroatoms. The lowest BCUT2D eigenvalue weighted by atomic mass is 9.75. The van der Waals surface area contributed by atoms with Crippen LogP contribution >= 0.6 is 0 Å². The number of carbonyl (C=O) groups excluding carboxylic acids is 3. The summed E-state index contributed by atoms with van der Waals surface area (Å²) in [5, 5.41) is 0. The third kappa shape index (κ3) is 4.90. The topological polar surface area (TPSA) is 83.1 Å². The smallest absolute Gasteiger partial charge is 0.254 e. The first-order valence-corrected chi connectivity index (χ1v) is 11.8. The van der Waals surface area contributed by atoms with Crippen LogP contribution in [0.4, 0.5) is 0 Å². The number of likely N-dealkylation sites (N-methyl/N-ethyl adjacent to an activating group) is 1. The minimum Gasteiger partial charge on any atom is -0.492 e. The van der Waals surface area contributed by atoms with Gasteiger partial charge in [0.05, 0.1) is 12.2 Å². The van der Waals surface area contributed by atoms with E-state index in [-0.39, 0.29) is 24.3 Å². The monoisotopic (exact) mass is 464 g/mol. The Balaban J connectivity index is 1.48. The Morgan fingerprint density at radius 3 is 2.68 bits per heavy atom. The number of ether oxygens (including phenoxy) is 1. The van der Waals surface area contributed by atoms with Crippen molar-refractivity contribution in [1.82, 2.24) is 19.7 Å². The number of aromatic nitrogens is 1. The predicted octanol–water partition coefficient (Wildman–Crippen LogP) is 2.34. The van der Waals surface area contributed by atoms with Gasteiger partial charge in [-0.1, -0.05) is 12.1 Å². The normalized spacial score (nSPS) is 20.4. The third-order valence-electron chi connectivity index (χ3n) is 6.63. The number of hydrogen-bond acceptors (Lipinski definition) is 5. The van der Waals surface area contributed by atoms with Crippen molar-refractivity contribution < 1.29 is 19.1 Å². The number of carbonyl (C=O) groups is 3. The minimum absolute atomic E-state index is 0.0442. The molecular formula is C26H32N4O4. The third-order valence-corrected chi connectivity index (χ3v) is 6.63. The molecule has 0 radical (unpaired) electrons. The zero-order valence-corrected chi connectivity index (χ0v) is 19.9. The van der Waals surface area contributed by atoms with Crippen molar-refractivity contribution in [3.63, 3.8) is 0 Å². The summed E-state index contributed by atoms with van der Waals surface area (Å²) < 4.78 is 5.84. The summed E-state index contributed by atoms with van der Waals surface area (Å²) in [4.78, 5) is 48.2. The zero-order valence-electron chi connectivity index (χ0n) is 19.9. The molecule has 2 fully saturated rings. The summed E-state index contributed by atoms with van der Waals surface area (Å²) in [7, 11) is 3.48. The molecule has 3 heterocycles. The van der Waals surface area contributed by atoms with Gasteiger partial charge >= 0.3 is 0 Å². The van der Waals surface area contributed by atoms with Crippen LogP contribution in [-0.4, -0.2) is 84.3 Å². The van der Waals surface area contributed by atoms with Gasteiger partial charge in [0.1, 0.15) is 17.8 Å². The summed E-state index contributed by atoms with van der Waals surface area (Å²) in [5.74, 6) is 0.583. The van der Waals surface area contributed by atoms with Gasteiger partial charge in [0.25, 0.3) is 5.91 Å². The zero-order chi connectivity index (χ0) is 24.1. The summed E-state index contributed by atoms with van der Waals surface area (Å²) in [6.07, 6.45) is 4.55. The van der Waals surface area contributed by atoms with Gasteiger partial charge < -0.3 is 19.4 Å². The van der Waals surface area contributed by atoms with Crippen molar-refractivity contribution in [1.29, 1.82) is 0 Å². The average Bonchev–Trinajstić information content (AvgIpc) is 3.28. The van der Waals surface area contributed by atoms with Gasteiger partial charge in [0, 0.05) is 51.9 Å². The summed E-state index contributed by atoms with van der Waals surface area (Å²) in [5.41, 5.74) is 0.346. The number of hydrogen-bond donors (Lipinski definition) is 0. The number of pyridine rings is 1. The molecule has 34 heavy (non-hydrogen) atoms. The van der Waals surface area contributed by atoms with Crippen LogP contribution in [0, 0.1) is 0 Å². The molecule has 2 saturated heterocycles. The average molecular weight is 465 g/mol. The lowest BCUT2D eigenvalue weighted by Gasteiger charge is -2.42. The van der Waals surface area contributed by atoms with Gasteiger partial charge in [0.15, 0.2) is 0 Å². The van der Waals surface area contributed by atoms with Gasteiger partial charge in [-0.25, -0.2) is 0 Å². The van der Waals surface area contributed by atoms with Crippen LogP contribution in [0.15, 0.2) is 48.7 Å². The summed E-state index contributed by atoms with van der Waals surface area (Å²) in [6, 6.07) is 12.7. The van der Waals surface area contributed by atoms with Gasteiger partial charge in [-0.05, 0) is 49.6 Å². The molecule has 1 unspecified atom stereocenters. The maximum Gasteiger partial charge on any atom is 0.254 e. The van der Waals surface area contributed by atoms with E-state index < -0.39 is 5.41 Å². The first kappa shape index (κ1) is 23.7. The Hall–Kier alpha value is -3.42. The van der Waals surface area contributed by atoms with E-state index in [2.05, 4.69) is 4.98 Å². The van der Waals surface area contributed by atoms with Gasteiger partial charge in [-0.3, -0.25) is 19.4 Å². The molecule has 0 spiro atoms. The van der Waals surface area contributed by atoms with E-state index in [1.54, 1.807) is 48.3 Å². The molecule has 0 aliphatic carbocycles. The fourth-order valence-electron chi connectivity index (χ4n) is 4.91. The molecule has 0 N–H and O–H groups in total. The maximum absolute atomic E-state index is 13.5. The Morgan fingerprint density at radius 1 is 1.12 bits per heavy atom. The molecule has 2 aliphatic rings. The molecule has 2 aromatic rings. The van der Waals surface area contributed by atoms with Crippen LogP contribution < -0.4 is 4.74 Å². The number of rotatable bonds is 7. The lowest BCUT2D eigenvalue weighted by Crippen LogP contribution is -2.56. The molecule has 2 aliphatic heterocycles. The van der Waals surface area contributed by atoms with Gasteiger partial charge in [-0.2, -0.15) is 0 Å². The number of piperidine rings is 1. The Kier molecular flexibility index (Phi) is 7.14. The van der Waals surface area contributed by atoms with Crippen LogP contribution in [0.3, 0.4) is 0 Å². The summed E-state index contributed by atoms with van der Waals surface area (Å²) >= 11 is 0. The van der Waals surface area contributed by atoms with Crippen molar-refractivity contribution in [2.45, 2.75) is 31.1 Å². The van der Waals surface area contributed by atoms with Crippen molar-refractivity contribution in [3.05, 3.63) is 59.9 Å². The minimum atomic E-state index is -0.866. The second-order valence-corrected chi connectivity index (χ2v) is 9.19. The number of likely N-dealkylation sites (tertiary alicyclic amines) is 2. The maximum atomic E-state index is 13.5. The Morgan fingerprint density at radius 2 is 1.97 bits per heavy atom. The second-order valence-electron chi connectivity index (χ2n) is 9.19. The fourth-order valence-corrected chi connectivity index (χ4v) is 4.91. The van der Waals surface area contributed by atoms with Crippen molar-refractivity contribution in [2.24, 2.45) is 0 Å². The van der Waals surface area contributed by atoms with Crippen molar-refractivity contribution in [2.75, 3.05) is 46.9 Å². The van der Waals surface area contributed by atoms with E-state index in [4.69, 9.17) is 4.74 Å². The van der Waals surface area contributed by atoms with E-state index in [0.717, 1.165) is 13.0 Å². The first-order chi connectivity index (χ1) is 16.4. The highest BCUT2D eigenvalue weighted by molar-refractivity contribution is 5.96. The molecule has 8 nitrogen and oxygen atoms in total. The fraction of sp³-hybridized carbons (Fsp3) is 0.462. The second kappa shape index (κ2) is 10.2. The van der Waals surface area contributed by atoms with E-state index in [0.29, 0.717) is 56.0 Å². The standard InChI is InChI=1S/C26H32N4O4/c1-28(2)25(33)26(22-10-3-4-13-27-22)12-7-15-30(19-26)24(32)20-8-5-9-21(18-20)34-17-16-29-14-6-11-23(29)31/h3-5,8-10,13,18H,6-7,11-12,14-17,19H2,1-2H3. The largest absolute Gasteiger partial charge is 0.492 e. The van der Waals surface area contributed by atoms with Gasteiger partial charge in [0.2, 0.25) is 11.8 Å². The number of benzene rings is 1. The highest BCUT2D eigenvalue weighted by atomic mass is 16.5. The SMILES string of the molecule is CN(C)C(=O)C1(c2ccccn2)CCCN(C(=O)c2cccc(OCCN3CCCC3=O)c2)C1. The number of nitrogens with zero attached hydrogens (tertiary/aromatic N) is 4. The predicted molar refractivity (Wildman–Crippen MR) is 127 cm³/mol. The molecule has 3 amide bonds. The van der Waals surface area contributed by atoms with E-state index in [1.165, 1.54) is 0 Å². The van der Waals surface area contributed by atoms with Crippen LogP contribution in [0.25, 0.3) is 0 Å². The molecule has 0 bridgehead atoms. The highest BCUT2D eigenvalue weighted by Crippen LogP contribution is 2.35. The molecule has 1 aromatic heterocycles. The van der Waals surface area contributed by atoms with E-state index in [9.17, 15) is 14.4 Å². The van der Waals surface area contributed by atoms with Crippen LogP contribution in [0.2, 0.25) is 0 Å². The van der Waals surface area contributed by atoms with Gasteiger partial charge in [-0.15, -0.1) is 0 Å². The molecular weight excluding hydrogens is 432 g/mol.